The Balaban J connectivity index is 1.23. The van der Waals surface area contributed by atoms with Gasteiger partial charge in [0.1, 0.15) is 17.3 Å². The number of nitrogens with one attached hydrogen (secondary N) is 2. The molecule has 37 heavy (non-hydrogen) atoms. The number of benzene rings is 4. The minimum Gasteiger partial charge on any atom is -0.457 e. The van der Waals surface area contributed by atoms with Crippen molar-refractivity contribution >= 4 is 21.4 Å². The van der Waals surface area contributed by atoms with Gasteiger partial charge in [-0.05, 0) is 90.2 Å². The summed E-state index contributed by atoms with van der Waals surface area (Å²) in [5.74, 6) is 1.36. The van der Waals surface area contributed by atoms with Crippen molar-refractivity contribution in [3.8, 4) is 11.5 Å². The van der Waals surface area contributed by atoms with E-state index in [0.29, 0.717) is 17.2 Å². The molecule has 0 aromatic heterocycles. The van der Waals surface area contributed by atoms with Crippen LogP contribution in [0.4, 0.5) is 15.8 Å². The van der Waals surface area contributed by atoms with Gasteiger partial charge in [0.15, 0.2) is 0 Å². The third kappa shape index (κ3) is 4.70. The van der Waals surface area contributed by atoms with Crippen LogP contribution in [-0.4, -0.2) is 8.42 Å². The van der Waals surface area contributed by atoms with Crippen molar-refractivity contribution in [1.29, 1.82) is 0 Å². The largest absolute Gasteiger partial charge is 0.457 e. The third-order valence-electron chi connectivity index (χ3n) is 6.96. The highest BCUT2D eigenvalue weighted by molar-refractivity contribution is 7.92. The highest BCUT2D eigenvalue weighted by atomic mass is 32.2. The molecule has 0 spiro atoms. The first kappa shape index (κ1) is 23.3. The summed E-state index contributed by atoms with van der Waals surface area (Å²) in [7, 11) is -3.80. The molecule has 1 aliphatic carbocycles. The van der Waals surface area contributed by atoms with Crippen LogP contribution < -0.4 is 14.8 Å². The van der Waals surface area contributed by atoms with Crippen LogP contribution >= 0.6 is 0 Å². The van der Waals surface area contributed by atoms with E-state index in [1.807, 2.05) is 48.5 Å². The van der Waals surface area contributed by atoms with E-state index in [-0.39, 0.29) is 28.6 Å². The Morgan fingerprint density at radius 3 is 2.35 bits per heavy atom. The van der Waals surface area contributed by atoms with Gasteiger partial charge in [-0.3, -0.25) is 4.72 Å². The van der Waals surface area contributed by atoms with Crippen molar-refractivity contribution in [1.82, 2.24) is 0 Å². The van der Waals surface area contributed by atoms with Gasteiger partial charge in [-0.15, -0.1) is 0 Å². The average molecular weight is 513 g/mol. The van der Waals surface area contributed by atoms with Gasteiger partial charge in [0.05, 0.1) is 10.9 Å². The van der Waals surface area contributed by atoms with Crippen molar-refractivity contribution in [3.05, 3.63) is 126 Å². The Bertz CT molecular complexity index is 1550. The van der Waals surface area contributed by atoms with Crippen LogP contribution in [0.3, 0.4) is 0 Å². The molecule has 0 fully saturated rings. The number of ether oxygens (including phenoxy) is 1. The lowest BCUT2D eigenvalue weighted by Gasteiger charge is -2.37. The van der Waals surface area contributed by atoms with E-state index in [1.165, 1.54) is 12.1 Å². The molecular formula is C30H25FN2O3S. The van der Waals surface area contributed by atoms with Gasteiger partial charge in [0, 0.05) is 17.3 Å². The molecule has 186 valence electrons. The Kier molecular flexibility index (Phi) is 5.93. The Morgan fingerprint density at radius 2 is 1.59 bits per heavy atom. The summed E-state index contributed by atoms with van der Waals surface area (Å²) in [5.41, 5.74) is 3.31. The number of halogens is 1. The number of rotatable bonds is 6. The normalized spacial score (nSPS) is 20.0. The van der Waals surface area contributed by atoms with Crippen molar-refractivity contribution < 1.29 is 17.5 Å². The second kappa shape index (κ2) is 9.41. The maximum absolute atomic E-state index is 13.5. The summed E-state index contributed by atoms with van der Waals surface area (Å²) < 4.78 is 48.5. The van der Waals surface area contributed by atoms with Gasteiger partial charge in [-0.1, -0.05) is 42.5 Å². The molecule has 1 aliphatic heterocycles. The molecule has 3 atom stereocenters. The number of para-hydroxylation sites is 1. The Morgan fingerprint density at radius 1 is 0.865 bits per heavy atom. The number of hydrogen-bond donors (Lipinski definition) is 2. The number of anilines is 2. The first-order chi connectivity index (χ1) is 18.0. The van der Waals surface area contributed by atoms with E-state index in [4.69, 9.17) is 4.74 Å². The summed E-state index contributed by atoms with van der Waals surface area (Å²) in [5, 5.41) is 3.57. The molecule has 0 bridgehead atoms. The minimum atomic E-state index is -3.80. The van der Waals surface area contributed by atoms with Crippen LogP contribution in [0.25, 0.3) is 0 Å². The molecule has 0 saturated heterocycles. The highest BCUT2D eigenvalue weighted by Crippen LogP contribution is 2.50. The molecule has 0 saturated carbocycles. The van der Waals surface area contributed by atoms with Crippen LogP contribution in [0, 0.1) is 11.7 Å². The first-order valence-electron chi connectivity index (χ1n) is 12.1. The molecule has 2 aliphatic rings. The first-order valence-corrected chi connectivity index (χ1v) is 13.6. The molecule has 6 rings (SSSR count). The molecular weight excluding hydrogens is 487 g/mol. The minimum absolute atomic E-state index is 0.0188. The van der Waals surface area contributed by atoms with Gasteiger partial charge < -0.3 is 10.1 Å². The summed E-state index contributed by atoms with van der Waals surface area (Å²) in [6.45, 7) is 0. The van der Waals surface area contributed by atoms with Crippen LogP contribution in [0.1, 0.15) is 29.5 Å². The van der Waals surface area contributed by atoms with Gasteiger partial charge in [0.2, 0.25) is 0 Å². The molecule has 1 heterocycles. The average Bonchev–Trinajstić information content (AvgIpc) is 3.41. The maximum atomic E-state index is 13.5. The second-order valence-corrected chi connectivity index (χ2v) is 11.0. The Hall–Kier alpha value is -4.10. The predicted molar refractivity (Wildman–Crippen MR) is 143 cm³/mol. The van der Waals surface area contributed by atoms with Crippen LogP contribution in [0.2, 0.25) is 0 Å². The molecule has 0 amide bonds. The predicted octanol–water partition coefficient (Wildman–Crippen LogP) is 7.25. The van der Waals surface area contributed by atoms with Crippen molar-refractivity contribution in [3.63, 3.8) is 0 Å². The van der Waals surface area contributed by atoms with E-state index in [0.717, 1.165) is 23.2 Å². The summed E-state index contributed by atoms with van der Waals surface area (Å²) >= 11 is 0. The lowest BCUT2D eigenvalue weighted by atomic mass is 9.77. The van der Waals surface area contributed by atoms with E-state index in [1.54, 1.807) is 36.4 Å². The number of fused-ring (bicyclic) bond motifs is 3. The third-order valence-corrected chi connectivity index (χ3v) is 8.34. The number of hydrogen-bond acceptors (Lipinski definition) is 4. The zero-order valence-corrected chi connectivity index (χ0v) is 20.7. The lowest BCUT2D eigenvalue weighted by molar-refractivity contribution is 0.424. The fourth-order valence-electron chi connectivity index (χ4n) is 5.17. The summed E-state index contributed by atoms with van der Waals surface area (Å²) in [6.07, 6.45) is 5.16. The van der Waals surface area contributed by atoms with E-state index in [9.17, 15) is 12.8 Å². The molecule has 0 radical (unpaired) electrons. The monoisotopic (exact) mass is 512 g/mol. The molecule has 5 nitrogen and oxygen atoms in total. The van der Waals surface area contributed by atoms with Gasteiger partial charge in [-0.2, -0.15) is 0 Å². The molecule has 0 unspecified atom stereocenters. The SMILES string of the molecule is O=S(=O)(Nc1ccc(Oc2ccccc2)cc1)c1ccc2c(c1)[C@H]1C=CC[C@H]1[C@@H](c1ccc(F)cc1)N2. The molecule has 4 aromatic rings. The zero-order chi connectivity index (χ0) is 25.4. The van der Waals surface area contributed by atoms with Crippen molar-refractivity contribution in [2.24, 2.45) is 5.92 Å². The fourth-order valence-corrected chi connectivity index (χ4v) is 6.26. The Labute approximate surface area is 215 Å². The number of allylic oxidation sites excluding steroid dienone is 2. The van der Waals surface area contributed by atoms with Crippen LogP contribution in [-0.2, 0) is 10.0 Å². The quantitative estimate of drug-likeness (QED) is 0.267. The van der Waals surface area contributed by atoms with E-state index >= 15 is 0 Å². The van der Waals surface area contributed by atoms with Gasteiger partial charge in [-0.25, -0.2) is 12.8 Å². The summed E-state index contributed by atoms with van der Waals surface area (Å²) in [4.78, 5) is 0.206. The lowest BCUT2D eigenvalue weighted by Crippen LogP contribution is -2.29. The van der Waals surface area contributed by atoms with Crippen molar-refractivity contribution in [2.75, 3.05) is 10.0 Å². The summed E-state index contributed by atoms with van der Waals surface area (Å²) in [6, 6.07) is 28.0. The van der Waals surface area contributed by atoms with Gasteiger partial charge in [0.25, 0.3) is 10.0 Å². The van der Waals surface area contributed by atoms with E-state index < -0.39 is 10.0 Å². The number of sulfonamides is 1. The fraction of sp³-hybridized carbons (Fsp3) is 0.133. The standard InChI is InChI=1S/C30H25FN2O3S/c31-21-11-9-20(10-12-21)30-27-8-4-7-26(27)28-19-25(17-18-29(28)32-30)37(34,35)33-22-13-15-24(16-14-22)36-23-5-2-1-3-6-23/h1-7,9-19,26-27,30,32-33H,8H2/t26-,27+,30+/m0/s1. The smallest absolute Gasteiger partial charge is 0.261 e. The van der Waals surface area contributed by atoms with Crippen LogP contribution in [0.15, 0.2) is 114 Å². The second-order valence-electron chi connectivity index (χ2n) is 9.32. The molecule has 7 heteroatoms. The maximum Gasteiger partial charge on any atom is 0.261 e. The zero-order valence-electron chi connectivity index (χ0n) is 19.8. The van der Waals surface area contributed by atoms with Gasteiger partial charge >= 0.3 is 0 Å². The van der Waals surface area contributed by atoms with Crippen molar-refractivity contribution in [2.45, 2.75) is 23.3 Å². The topological polar surface area (TPSA) is 67.4 Å². The highest BCUT2D eigenvalue weighted by Gasteiger charge is 2.38. The van der Waals surface area contributed by atoms with E-state index in [2.05, 4.69) is 22.2 Å². The molecule has 4 aromatic carbocycles. The van der Waals surface area contributed by atoms with Crippen LogP contribution in [0.5, 0.6) is 11.5 Å². The molecule has 2 N–H and O–H groups in total.